The lowest BCUT2D eigenvalue weighted by atomic mass is 10.3. The van der Waals surface area contributed by atoms with Crippen molar-refractivity contribution in [3.05, 3.63) is 30.1 Å². The Kier molecular flexibility index (Phi) is 4.34. The van der Waals surface area contributed by atoms with Crippen LogP contribution in [0.3, 0.4) is 0 Å². The lowest BCUT2D eigenvalue weighted by molar-refractivity contribution is -0.862. The Hall–Kier alpha value is -1.75. The summed E-state index contributed by atoms with van der Waals surface area (Å²) in [4.78, 5) is 15.7. The molecular weight excluding hydrogens is 216 g/mol. The third-order valence-corrected chi connectivity index (χ3v) is 2.00. The molecule has 0 aromatic carbocycles. The number of quaternary nitrogens is 1. The van der Waals surface area contributed by atoms with Gasteiger partial charge in [-0.25, -0.2) is 5.43 Å². The van der Waals surface area contributed by atoms with Gasteiger partial charge < -0.3 is 4.48 Å². The first-order valence-electron chi connectivity index (χ1n) is 5.43. The van der Waals surface area contributed by atoms with Crippen molar-refractivity contribution in [2.24, 2.45) is 5.10 Å². The number of carbonyl (C=O) groups is 1. The Labute approximate surface area is 102 Å². The fraction of sp³-hybridized carbons (Fsp3) is 0.417. The van der Waals surface area contributed by atoms with Gasteiger partial charge in [-0.2, -0.15) is 5.10 Å². The molecule has 0 unspecified atom stereocenters. The number of aromatic nitrogens is 1. The van der Waals surface area contributed by atoms with Crippen LogP contribution in [0.5, 0.6) is 0 Å². The molecule has 0 aliphatic heterocycles. The first kappa shape index (κ1) is 13.3. The summed E-state index contributed by atoms with van der Waals surface area (Å²) in [5.41, 5.74) is 3.99. The molecule has 0 aliphatic carbocycles. The third-order valence-electron chi connectivity index (χ3n) is 2.00. The van der Waals surface area contributed by atoms with Crippen molar-refractivity contribution >= 4 is 11.6 Å². The number of nitrogens with one attached hydrogen (secondary N) is 1. The van der Waals surface area contributed by atoms with Crippen LogP contribution in [-0.4, -0.2) is 48.8 Å². The van der Waals surface area contributed by atoms with Gasteiger partial charge in [0.15, 0.2) is 6.54 Å². The van der Waals surface area contributed by atoms with Crippen molar-refractivity contribution in [2.75, 3.05) is 27.7 Å². The molecule has 1 N–H and O–H groups in total. The predicted octanol–water partition coefficient (Wildman–Crippen LogP) is 0.628. The second kappa shape index (κ2) is 5.54. The van der Waals surface area contributed by atoms with Gasteiger partial charge in [0.1, 0.15) is 0 Å². The van der Waals surface area contributed by atoms with Gasteiger partial charge in [0.2, 0.25) is 0 Å². The Bertz CT molecular complexity index is 406. The van der Waals surface area contributed by atoms with Crippen LogP contribution < -0.4 is 5.43 Å². The standard InChI is InChI=1S/C12H18N4O/c1-10(11-7-5-6-8-13-11)14-15-12(17)9-16(2,3)4/h5-8H,9H2,1-4H3/p+1. The van der Waals surface area contributed by atoms with E-state index in [2.05, 4.69) is 15.5 Å². The molecule has 1 rings (SSSR count). The number of rotatable bonds is 4. The number of hydrogen-bond donors (Lipinski definition) is 1. The maximum Gasteiger partial charge on any atom is 0.295 e. The van der Waals surface area contributed by atoms with Crippen LogP contribution >= 0.6 is 0 Å². The van der Waals surface area contributed by atoms with E-state index in [1.165, 1.54) is 0 Å². The van der Waals surface area contributed by atoms with Crippen LogP contribution in [-0.2, 0) is 4.79 Å². The van der Waals surface area contributed by atoms with Crippen LogP contribution in [0.1, 0.15) is 12.6 Å². The number of likely N-dealkylation sites (N-methyl/N-ethyl adjacent to an activating group) is 1. The molecular formula is C12H19N4O+. The van der Waals surface area contributed by atoms with E-state index in [0.717, 1.165) is 5.69 Å². The molecule has 0 aliphatic rings. The van der Waals surface area contributed by atoms with E-state index in [1.54, 1.807) is 6.20 Å². The zero-order valence-electron chi connectivity index (χ0n) is 10.8. The Balaban J connectivity index is 2.57. The summed E-state index contributed by atoms with van der Waals surface area (Å²) in [7, 11) is 5.86. The zero-order chi connectivity index (χ0) is 12.9. The Morgan fingerprint density at radius 2 is 2.12 bits per heavy atom. The fourth-order valence-electron chi connectivity index (χ4n) is 1.25. The second-order valence-corrected chi connectivity index (χ2v) is 4.90. The summed E-state index contributed by atoms with van der Waals surface area (Å²) in [6.07, 6.45) is 1.70. The molecule has 0 radical (unpaired) electrons. The highest BCUT2D eigenvalue weighted by atomic mass is 16.2. The summed E-state index contributed by atoms with van der Waals surface area (Å²) in [6, 6.07) is 5.58. The lowest BCUT2D eigenvalue weighted by Crippen LogP contribution is -2.43. The van der Waals surface area contributed by atoms with Crippen LogP contribution in [0.4, 0.5) is 0 Å². The molecule has 1 amide bonds. The summed E-state index contributed by atoms with van der Waals surface area (Å²) in [5.74, 6) is -0.104. The molecule has 0 bridgehead atoms. The van der Waals surface area contributed by atoms with E-state index in [4.69, 9.17) is 0 Å². The quantitative estimate of drug-likeness (QED) is 0.473. The fourth-order valence-corrected chi connectivity index (χ4v) is 1.25. The van der Waals surface area contributed by atoms with E-state index >= 15 is 0 Å². The van der Waals surface area contributed by atoms with Crippen molar-refractivity contribution in [2.45, 2.75) is 6.92 Å². The van der Waals surface area contributed by atoms with Crippen LogP contribution in [0.25, 0.3) is 0 Å². The summed E-state index contributed by atoms with van der Waals surface area (Å²) < 4.78 is 0.573. The second-order valence-electron chi connectivity index (χ2n) is 4.90. The maximum absolute atomic E-state index is 11.5. The molecule has 0 saturated carbocycles. The predicted molar refractivity (Wildman–Crippen MR) is 67.5 cm³/mol. The van der Waals surface area contributed by atoms with Gasteiger partial charge in [0, 0.05) is 6.20 Å². The minimum Gasteiger partial charge on any atom is -0.323 e. The average molecular weight is 235 g/mol. The maximum atomic E-state index is 11.5. The minimum absolute atomic E-state index is 0.104. The molecule has 1 heterocycles. The van der Waals surface area contributed by atoms with E-state index in [9.17, 15) is 4.79 Å². The first-order chi connectivity index (χ1) is 7.88. The summed E-state index contributed by atoms with van der Waals surface area (Å²) in [6.45, 7) is 2.20. The van der Waals surface area contributed by atoms with Gasteiger partial charge in [0.25, 0.3) is 5.91 Å². The number of pyridine rings is 1. The minimum atomic E-state index is -0.104. The first-order valence-corrected chi connectivity index (χ1v) is 5.43. The van der Waals surface area contributed by atoms with Gasteiger partial charge in [-0.05, 0) is 19.1 Å². The van der Waals surface area contributed by atoms with Gasteiger partial charge in [-0.1, -0.05) is 6.07 Å². The SMILES string of the molecule is C/C(=N\NC(=O)C[N+](C)(C)C)c1ccccn1. The molecule has 1 aromatic heterocycles. The van der Waals surface area contributed by atoms with Crippen molar-refractivity contribution in [3.8, 4) is 0 Å². The summed E-state index contributed by atoms with van der Waals surface area (Å²) >= 11 is 0. The number of hydrogen-bond acceptors (Lipinski definition) is 3. The van der Waals surface area contributed by atoms with Crippen LogP contribution in [0.2, 0.25) is 0 Å². The zero-order valence-corrected chi connectivity index (χ0v) is 10.8. The van der Waals surface area contributed by atoms with Gasteiger partial charge >= 0.3 is 0 Å². The van der Waals surface area contributed by atoms with Crippen molar-refractivity contribution in [1.29, 1.82) is 0 Å². The smallest absolute Gasteiger partial charge is 0.295 e. The van der Waals surface area contributed by atoms with E-state index < -0.39 is 0 Å². The molecule has 0 saturated heterocycles. The monoisotopic (exact) mass is 235 g/mol. The van der Waals surface area contributed by atoms with Gasteiger partial charge in [0.05, 0.1) is 32.5 Å². The van der Waals surface area contributed by atoms with Gasteiger partial charge in [-0.15, -0.1) is 0 Å². The number of amides is 1. The third kappa shape index (κ3) is 5.21. The Morgan fingerprint density at radius 1 is 1.41 bits per heavy atom. The summed E-state index contributed by atoms with van der Waals surface area (Å²) in [5, 5.41) is 4.02. The van der Waals surface area contributed by atoms with E-state index in [-0.39, 0.29) is 5.91 Å². The molecule has 0 atom stereocenters. The van der Waals surface area contributed by atoms with Crippen molar-refractivity contribution < 1.29 is 9.28 Å². The number of hydrazone groups is 1. The molecule has 0 fully saturated rings. The number of nitrogens with zero attached hydrogens (tertiary/aromatic N) is 3. The largest absolute Gasteiger partial charge is 0.323 e. The average Bonchev–Trinajstić information content (AvgIpc) is 2.25. The van der Waals surface area contributed by atoms with Crippen LogP contribution in [0.15, 0.2) is 29.5 Å². The topological polar surface area (TPSA) is 54.4 Å². The molecule has 0 spiro atoms. The van der Waals surface area contributed by atoms with Crippen LogP contribution in [0, 0.1) is 0 Å². The highest BCUT2D eigenvalue weighted by Crippen LogP contribution is 1.95. The molecule has 5 nitrogen and oxygen atoms in total. The van der Waals surface area contributed by atoms with Gasteiger partial charge in [-0.3, -0.25) is 9.78 Å². The number of carbonyl (C=O) groups excluding carboxylic acids is 1. The lowest BCUT2D eigenvalue weighted by Gasteiger charge is -2.22. The van der Waals surface area contributed by atoms with Crippen molar-refractivity contribution in [1.82, 2.24) is 10.4 Å². The molecule has 17 heavy (non-hydrogen) atoms. The Morgan fingerprint density at radius 3 is 2.65 bits per heavy atom. The normalized spacial score (nSPS) is 12.4. The van der Waals surface area contributed by atoms with E-state index in [0.29, 0.717) is 16.7 Å². The van der Waals surface area contributed by atoms with Crippen molar-refractivity contribution in [3.63, 3.8) is 0 Å². The molecule has 92 valence electrons. The molecule has 5 heteroatoms. The van der Waals surface area contributed by atoms with E-state index in [1.807, 2.05) is 46.3 Å². The molecule has 1 aromatic rings. The highest BCUT2D eigenvalue weighted by Gasteiger charge is 2.13. The highest BCUT2D eigenvalue weighted by molar-refractivity contribution is 5.97.